The van der Waals surface area contributed by atoms with Gasteiger partial charge in [-0.15, -0.1) is 0 Å². The van der Waals surface area contributed by atoms with Gasteiger partial charge >= 0.3 is 5.69 Å². The average molecular weight is 251 g/mol. The molecule has 0 amide bonds. The van der Waals surface area contributed by atoms with E-state index in [2.05, 4.69) is 10.2 Å². The Morgan fingerprint density at radius 1 is 1.33 bits per heavy atom. The van der Waals surface area contributed by atoms with E-state index in [0.717, 1.165) is 6.07 Å². The topological polar surface area (TPSA) is 50.7 Å². The van der Waals surface area contributed by atoms with Gasteiger partial charge in [0.25, 0.3) is 0 Å². The fourth-order valence-electron chi connectivity index (χ4n) is 2.56. The van der Waals surface area contributed by atoms with Gasteiger partial charge in [-0.05, 0) is 24.1 Å². The van der Waals surface area contributed by atoms with Crippen LogP contribution in [-0.2, 0) is 0 Å². The molecule has 2 aromatic rings. The van der Waals surface area contributed by atoms with Crippen LogP contribution in [0.15, 0.2) is 23.0 Å². The van der Waals surface area contributed by atoms with Gasteiger partial charge in [0.2, 0.25) is 0 Å². The van der Waals surface area contributed by atoms with Crippen molar-refractivity contribution in [2.75, 3.05) is 0 Å². The third-order valence-electron chi connectivity index (χ3n) is 3.33. The van der Waals surface area contributed by atoms with Gasteiger partial charge in [0, 0.05) is 12.0 Å². The highest BCUT2D eigenvalue weighted by Crippen LogP contribution is 2.37. The Kier molecular flexibility index (Phi) is 2.33. The number of fused-ring (bicyclic) bond motifs is 1. The lowest BCUT2D eigenvalue weighted by Gasteiger charge is -2.12. The van der Waals surface area contributed by atoms with Crippen molar-refractivity contribution in [3.05, 3.63) is 51.7 Å². The van der Waals surface area contributed by atoms with Crippen LogP contribution in [0.3, 0.4) is 0 Å². The summed E-state index contributed by atoms with van der Waals surface area (Å²) in [5.41, 5.74) is 0.116. The van der Waals surface area contributed by atoms with Gasteiger partial charge in [0.15, 0.2) is 0 Å². The van der Waals surface area contributed by atoms with Crippen LogP contribution < -0.4 is 5.69 Å². The first-order valence-electron chi connectivity index (χ1n) is 5.69. The number of H-pyrrole nitrogens is 1. The van der Waals surface area contributed by atoms with Crippen molar-refractivity contribution in [1.82, 2.24) is 14.8 Å². The van der Waals surface area contributed by atoms with E-state index in [-0.39, 0.29) is 17.6 Å². The SMILES string of the molecule is C[C@H]1C[C@H](c2cc(F)cc(F)c2)n2c1n[nH]c2=O. The number of hydrogen-bond donors (Lipinski definition) is 1. The molecule has 1 aromatic carbocycles. The number of nitrogens with one attached hydrogen (secondary N) is 1. The minimum Gasteiger partial charge on any atom is -0.271 e. The molecular weight excluding hydrogens is 240 g/mol. The molecule has 0 spiro atoms. The maximum Gasteiger partial charge on any atom is 0.343 e. The predicted molar refractivity (Wildman–Crippen MR) is 60.4 cm³/mol. The molecule has 0 unspecified atom stereocenters. The standard InChI is InChI=1S/C12H11F2N3O/c1-6-2-10(17-11(6)15-16-12(17)18)7-3-8(13)5-9(14)4-7/h3-6,10H,2H2,1H3,(H,16,18)/t6-,10+/m0/s1. The Morgan fingerprint density at radius 3 is 2.67 bits per heavy atom. The Bertz CT molecular complexity index is 641. The second kappa shape index (κ2) is 3.76. The highest BCUT2D eigenvalue weighted by Gasteiger charge is 2.32. The van der Waals surface area contributed by atoms with Crippen molar-refractivity contribution in [1.29, 1.82) is 0 Å². The summed E-state index contributed by atoms with van der Waals surface area (Å²) >= 11 is 0. The molecule has 0 saturated heterocycles. The Balaban J connectivity index is 2.14. The monoisotopic (exact) mass is 251 g/mol. The third-order valence-corrected chi connectivity index (χ3v) is 3.33. The maximum atomic E-state index is 13.2. The number of aromatic nitrogens is 3. The van der Waals surface area contributed by atoms with Gasteiger partial charge in [0.1, 0.15) is 17.5 Å². The lowest BCUT2D eigenvalue weighted by atomic mass is 10.00. The molecular formula is C12H11F2N3O. The van der Waals surface area contributed by atoms with E-state index in [1.165, 1.54) is 16.7 Å². The summed E-state index contributed by atoms with van der Waals surface area (Å²) in [6.07, 6.45) is 0.620. The Hall–Kier alpha value is -1.98. The summed E-state index contributed by atoms with van der Waals surface area (Å²) in [6.45, 7) is 1.93. The van der Waals surface area contributed by atoms with Crippen LogP contribution in [0.1, 0.15) is 36.7 Å². The molecule has 2 atom stereocenters. The van der Waals surface area contributed by atoms with Crippen LogP contribution in [0.4, 0.5) is 8.78 Å². The number of halogens is 2. The van der Waals surface area contributed by atoms with Crippen molar-refractivity contribution in [3.63, 3.8) is 0 Å². The van der Waals surface area contributed by atoms with E-state index in [4.69, 9.17) is 0 Å². The molecule has 94 valence electrons. The highest BCUT2D eigenvalue weighted by molar-refractivity contribution is 5.25. The van der Waals surface area contributed by atoms with Crippen LogP contribution in [-0.4, -0.2) is 14.8 Å². The van der Waals surface area contributed by atoms with Crippen molar-refractivity contribution >= 4 is 0 Å². The van der Waals surface area contributed by atoms with Crippen molar-refractivity contribution in [3.8, 4) is 0 Å². The maximum absolute atomic E-state index is 13.2. The molecule has 1 aliphatic heterocycles. The highest BCUT2D eigenvalue weighted by atomic mass is 19.1. The van der Waals surface area contributed by atoms with Gasteiger partial charge < -0.3 is 0 Å². The van der Waals surface area contributed by atoms with Gasteiger partial charge in [-0.25, -0.2) is 18.7 Å². The van der Waals surface area contributed by atoms with Gasteiger partial charge in [-0.1, -0.05) is 6.92 Å². The number of aromatic amines is 1. The quantitative estimate of drug-likeness (QED) is 0.842. The number of rotatable bonds is 1. The van der Waals surface area contributed by atoms with E-state index < -0.39 is 11.6 Å². The molecule has 1 N–H and O–H groups in total. The first kappa shape index (κ1) is 11.1. The van der Waals surface area contributed by atoms with E-state index in [9.17, 15) is 13.6 Å². The van der Waals surface area contributed by atoms with Gasteiger partial charge in [-0.3, -0.25) is 4.57 Å². The minimum absolute atomic E-state index is 0.0836. The number of nitrogens with zero attached hydrogens (tertiary/aromatic N) is 2. The lowest BCUT2D eigenvalue weighted by Crippen LogP contribution is -2.20. The predicted octanol–water partition coefficient (Wildman–Crippen LogP) is 1.95. The van der Waals surface area contributed by atoms with Gasteiger partial charge in [-0.2, -0.15) is 5.10 Å². The first-order valence-corrected chi connectivity index (χ1v) is 5.69. The van der Waals surface area contributed by atoms with E-state index in [0.29, 0.717) is 17.8 Å². The smallest absolute Gasteiger partial charge is 0.271 e. The summed E-state index contributed by atoms with van der Waals surface area (Å²) in [5, 5.41) is 6.30. The number of benzene rings is 1. The first-order chi connectivity index (χ1) is 8.56. The summed E-state index contributed by atoms with van der Waals surface area (Å²) in [7, 11) is 0. The van der Waals surface area contributed by atoms with E-state index in [1.54, 1.807) is 0 Å². The van der Waals surface area contributed by atoms with Crippen LogP contribution in [0.5, 0.6) is 0 Å². The molecule has 0 aliphatic carbocycles. The molecule has 0 radical (unpaired) electrons. The summed E-state index contributed by atoms with van der Waals surface area (Å²) in [6, 6.07) is 2.98. The molecule has 6 heteroatoms. The van der Waals surface area contributed by atoms with Crippen LogP contribution in [0.25, 0.3) is 0 Å². The summed E-state index contributed by atoms with van der Waals surface area (Å²) < 4.78 is 27.9. The molecule has 0 fully saturated rings. The average Bonchev–Trinajstić information content (AvgIpc) is 2.81. The van der Waals surface area contributed by atoms with E-state index >= 15 is 0 Å². The second-order valence-electron chi connectivity index (χ2n) is 4.61. The lowest BCUT2D eigenvalue weighted by molar-refractivity contribution is 0.545. The fourth-order valence-corrected chi connectivity index (χ4v) is 2.56. The molecule has 18 heavy (non-hydrogen) atoms. The molecule has 1 aliphatic rings. The zero-order chi connectivity index (χ0) is 12.9. The molecule has 1 aromatic heterocycles. The largest absolute Gasteiger partial charge is 0.343 e. The zero-order valence-electron chi connectivity index (χ0n) is 9.65. The van der Waals surface area contributed by atoms with Crippen molar-refractivity contribution in [2.24, 2.45) is 0 Å². The molecule has 0 saturated carbocycles. The van der Waals surface area contributed by atoms with Crippen molar-refractivity contribution < 1.29 is 8.78 Å². The second-order valence-corrected chi connectivity index (χ2v) is 4.61. The van der Waals surface area contributed by atoms with E-state index in [1.807, 2.05) is 6.92 Å². The number of hydrogen-bond acceptors (Lipinski definition) is 2. The minimum atomic E-state index is -0.636. The summed E-state index contributed by atoms with van der Waals surface area (Å²) in [4.78, 5) is 11.7. The van der Waals surface area contributed by atoms with Crippen molar-refractivity contribution in [2.45, 2.75) is 25.3 Å². The van der Waals surface area contributed by atoms with Gasteiger partial charge in [0.05, 0.1) is 6.04 Å². The zero-order valence-corrected chi connectivity index (χ0v) is 9.65. The Morgan fingerprint density at radius 2 is 2.00 bits per heavy atom. The van der Waals surface area contributed by atoms with Crippen LogP contribution in [0, 0.1) is 11.6 Å². The molecule has 0 bridgehead atoms. The Labute approximate surface area is 101 Å². The van der Waals surface area contributed by atoms with Crippen LogP contribution >= 0.6 is 0 Å². The molecule has 2 heterocycles. The fraction of sp³-hybridized carbons (Fsp3) is 0.333. The summed E-state index contributed by atoms with van der Waals surface area (Å²) in [5.74, 6) is -0.555. The molecule has 3 rings (SSSR count). The van der Waals surface area contributed by atoms with Crippen LogP contribution in [0.2, 0.25) is 0 Å². The molecule has 4 nitrogen and oxygen atoms in total. The third kappa shape index (κ3) is 1.56. The normalized spacial score (nSPS) is 22.2.